The number of amides is 1. The monoisotopic (exact) mass is 307 g/mol. The molecule has 0 spiro atoms. The lowest BCUT2D eigenvalue weighted by Crippen LogP contribution is -2.52. The van der Waals surface area contributed by atoms with Gasteiger partial charge in [-0.1, -0.05) is 35.5 Å². The molecule has 1 aromatic heterocycles. The van der Waals surface area contributed by atoms with Gasteiger partial charge in [-0.15, -0.1) is 12.4 Å². The number of hydrogen-bond acceptors (Lipinski definition) is 4. The van der Waals surface area contributed by atoms with E-state index in [1.807, 2.05) is 42.2 Å². The van der Waals surface area contributed by atoms with E-state index in [9.17, 15) is 4.79 Å². The van der Waals surface area contributed by atoms with Crippen LogP contribution in [0.25, 0.3) is 11.3 Å². The van der Waals surface area contributed by atoms with Crippen molar-refractivity contribution in [1.29, 1.82) is 0 Å². The van der Waals surface area contributed by atoms with Gasteiger partial charge in [0.05, 0.1) is 0 Å². The third-order valence-corrected chi connectivity index (χ3v) is 3.55. The topological polar surface area (TPSA) is 58.4 Å². The van der Waals surface area contributed by atoms with E-state index in [1.54, 1.807) is 6.07 Å². The fraction of sp³-hybridized carbons (Fsp3) is 0.333. The smallest absolute Gasteiger partial charge is 0.292 e. The van der Waals surface area contributed by atoms with Crippen LogP contribution in [-0.4, -0.2) is 41.6 Å². The quantitative estimate of drug-likeness (QED) is 0.924. The predicted octanol–water partition coefficient (Wildman–Crippen LogP) is 2.20. The SMILES string of the molecule is CC1CNCCN1C(=O)c1cc(-c2ccccc2)no1.Cl. The van der Waals surface area contributed by atoms with Crippen LogP contribution < -0.4 is 5.32 Å². The number of piperazine rings is 1. The third-order valence-electron chi connectivity index (χ3n) is 3.55. The van der Waals surface area contributed by atoms with Crippen molar-refractivity contribution in [2.45, 2.75) is 13.0 Å². The molecule has 5 nitrogen and oxygen atoms in total. The largest absolute Gasteiger partial charge is 0.350 e. The number of carbonyl (C=O) groups excluding carboxylic acids is 1. The fourth-order valence-corrected chi connectivity index (χ4v) is 2.41. The molecule has 112 valence electrons. The maximum Gasteiger partial charge on any atom is 0.292 e. The van der Waals surface area contributed by atoms with Crippen molar-refractivity contribution in [2.75, 3.05) is 19.6 Å². The Hall–Kier alpha value is -1.85. The average molecular weight is 308 g/mol. The maximum atomic E-state index is 12.4. The van der Waals surface area contributed by atoms with E-state index in [0.29, 0.717) is 18.0 Å². The van der Waals surface area contributed by atoms with Crippen LogP contribution >= 0.6 is 12.4 Å². The highest BCUT2D eigenvalue weighted by atomic mass is 35.5. The molecule has 1 amide bonds. The summed E-state index contributed by atoms with van der Waals surface area (Å²) in [4.78, 5) is 14.2. The molecule has 2 heterocycles. The Bertz CT molecular complexity index is 600. The summed E-state index contributed by atoms with van der Waals surface area (Å²) in [6, 6.07) is 11.6. The number of benzene rings is 1. The molecule has 0 aliphatic carbocycles. The molecule has 6 heteroatoms. The van der Waals surface area contributed by atoms with Crippen LogP contribution in [0.2, 0.25) is 0 Å². The molecule has 1 atom stereocenters. The highest BCUT2D eigenvalue weighted by Crippen LogP contribution is 2.20. The molecule has 1 unspecified atom stereocenters. The second-order valence-corrected chi connectivity index (χ2v) is 4.99. The first kappa shape index (κ1) is 15.5. The second kappa shape index (κ2) is 6.74. The first-order valence-electron chi connectivity index (χ1n) is 6.79. The average Bonchev–Trinajstić information content (AvgIpc) is 2.98. The Labute approximate surface area is 129 Å². The molecule has 3 rings (SSSR count). The van der Waals surface area contributed by atoms with Crippen LogP contribution in [0.4, 0.5) is 0 Å². The van der Waals surface area contributed by atoms with Crippen molar-refractivity contribution >= 4 is 18.3 Å². The van der Waals surface area contributed by atoms with Crippen LogP contribution in [0.5, 0.6) is 0 Å². The molecular weight excluding hydrogens is 290 g/mol. The molecule has 2 aromatic rings. The number of hydrogen-bond donors (Lipinski definition) is 1. The summed E-state index contributed by atoms with van der Waals surface area (Å²) < 4.78 is 5.22. The summed E-state index contributed by atoms with van der Waals surface area (Å²) in [6.45, 7) is 4.35. The minimum absolute atomic E-state index is 0. The molecule has 1 fully saturated rings. The van der Waals surface area contributed by atoms with Gasteiger partial charge in [-0.2, -0.15) is 0 Å². The third kappa shape index (κ3) is 3.25. The van der Waals surface area contributed by atoms with Gasteiger partial charge in [-0.3, -0.25) is 4.79 Å². The zero-order valence-electron chi connectivity index (χ0n) is 11.8. The first-order valence-corrected chi connectivity index (χ1v) is 6.79. The molecule has 0 bridgehead atoms. The van der Waals surface area contributed by atoms with Gasteiger partial charge in [0, 0.05) is 37.3 Å². The van der Waals surface area contributed by atoms with E-state index < -0.39 is 0 Å². The van der Waals surface area contributed by atoms with Gasteiger partial charge in [0.25, 0.3) is 5.91 Å². The maximum absolute atomic E-state index is 12.4. The lowest BCUT2D eigenvalue weighted by atomic mass is 10.1. The van der Waals surface area contributed by atoms with Gasteiger partial charge < -0.3 is 14.7 Å². The Kier molecular flexibility index (Phi) is 4.98. The summed E-state index contributed by atoms with van der Waals surface area (Å²) in [7, 11) is 0. The van der Waals surface area contributed by atoms with E-state index in [-0.39, 0.29) is 24.4 Å². The summed E-state index contributed by atoms with van der Waals surface area (Å²) in [6.07, 6.45) is 0. The van der Waals surface area contributed by atoms with Gasteiger partial charge in [-0.25, -0.2) is 0 Å². The Morgan fingerprint density at radius 1 is 1.38 bits per heavy atom. The van der Waals surface area contributed by atoms with E-state index in [0.717, 1.165) is 18.7 Å². The predicted molar refractivity (Wildman–Crippen MR) is 82.6 cm³/mol. The minimum Gasteiger partial charge on any atom is -0.350 e. The summed E-state index contributed by atoms with van der Waals surface area (Å²) in [5.41, 5.74) is 1.64. The number of carbonyl (C=O) groups is 1. The van der Waals surface area contributed by atoms with Crippen molar-refractivity contribution in [3.8, 4) is 11.3 Å². The second-order valence-electron chi connectivity index (χ2n) is 4.99. The van der Waals surface area contributed by atoms with Crippen LogP contribution in [0.1, 0.15) is 17.5 Å². The Balaban J connectivity index is 0.00000161. The lowest BCUT2D eigenvalue weighted by Gasteiger charge is -2.33. The van der Waals surface area contributed by atoms with Gasteiger partial charge in [-0.05, 0) is 6.92 Å². The molecule has 0 radical (unpaired) electrons. The molecule has 1 N–H and O–H groups in total. The number of rotatable bonds is 2. The van der Waals surface area contributed by atoms with Gasteiger partial charge in [0.1, 0.15) is 5.69 Å². The lowest BCUT2D eigenvalue weighted by molar-refractivity contribution is 0.0613. The number of aromatic nitrogens is 1. The van der Waals surface area contributed by atoms with Crippen molar-refractivity contribution in [3.63, 3.8) is 0 Å². The van der Waals surface area contributed by atoms with E-state index in [1.165, 1.54) is 0 Å². The number of halogens is 1. The molecule has 0 saturated carbocycles. The minimum atomic E-state index is -0.0892. The van der Waals surface area contributed by atoms with Crippen molar-refractivity contribution in [2.24, 2.45) is 0 Å². The fourth-order valence-electron chi connectivity index (χ4n) is 2.41. The van der Waals surface area contributed by atoms with Crippen LogP contribution in [-0.2, 0) is 0 Å². The number of nitrogens with one attached hydrogen (secondary N) is 1. The first-order chi connectivity index (χ1) is 9.75. The molecule has 1 aliphatic heterocycles. The standard InChI is InChI=1S/C15H17N3O2.ClH/c1-11-10-16-7-8-18(11)15(19)14-9-13(17-20-14)12-5-3-2-4-6-12;/h2-6,9,11,16H,7-8,10H2,1H3;1H. The van der Waals surface area contributed by atoms with Crippen LogP contribution in [0, 0.1) is 0 Å². The zero-order valence-corrected chi connectivity index (χ0v) is 12.6. The molecular formula is C15H18ClN3O2. The van der Waals surface area contributed by atoms with Gasteiger partial charge >= 0.3 is 0 Å². The molecule has 1 aromatic carbocycles. The van der Waals surface area contributed by atoms with Crippen LogP contribution in [0.15, 0.2) is 40.9 Å². The van der Waals surface area contributed by atoms with Crippen molar-refractivity contribution < 1.29 is 9.32 Å². The summed E-state index contributed by atoms with van der Waals surface area (Å²) in [5.74, 6) is 0.214. The Morgan fingerprint density at radius 3 is 2.86 bits per heavy atom. The highest BCUT2D eigenvalue weighted by Gasteiger charge is 2.26. The highest BCUT2D eigenvalue weighted by molar-refractivity contribution is 5.92. The van der Waals surface area contributed by atoms with Crippen molar-refractivity contribution in [1.82, 2.24) is 15.4 Å². The molecule has 1 aliphatic rings. The normalized spacial score (nSPS) is 18.1. The Morgan fingerprint density at radius 2 is 2.14 bits per heavy atom. The van der Waals surface area contributed by atoms with Gasteiger partial charge in [0.2, 0.25) is 5.76 Å². The summed E-state index contributed by atoms with van der Waals surface area (Å²) >= 11 is 0. The molecule has 1 saturated heterocycles. The van der Waals surface area contributed by atoms with Gasteiger partial charge in [0.15, 0.2) is 0 Å². The van der Waals surface area contributed by atoms with E-state index >= 15 is 0 Å². The zero-order chi connectivity index (χ0) is 13.9. The van der Waals surface area contributed by atoms with E-state index in [4.69, 9.17) is 4.52 Å². The van der Waals surface area contributed by atoms with Crippen molar-refractivity contribution in [3.05, 3.63) is 42.2 Å². The van der Waals surface area contributed by atoms with Crippen LogP contribution in [0.3, 0.4) is 0 Å². The van der Waals surface area contributed by atoms with E-state index in [2.05, 4.69) is 10.5 Å². The summed E-state index contributed by atoms with van der Waals surface area (Å²) in [5, 5.41) is 7.25. The molecule has 21 heavy (non-hydrogen) atoms. The number of nitrogens with zero attached hydrogens (tertiary/aromatic N) is 2.